The third kappa shape index (κ3) is 3.75. The Morgan fingerprint density at radius 3 is 2.53 bits per heavy atom. The zero-order valence-electron chi connectivity index (χ0n) is 11.9. The molecule has 0 bridgehead atoms. The molecule has 1 saturated carbocycles. The first-order valence-corrected chi connectivity index (χ1v) is 6.68. The van der Waals surface area contributed by atoms with Gasteiger partial charge in [-0.2, -0.15) is 0 Å². The van der Waals surface area contributed by atoms with Crippen LogP contribution in [0.15, 0.2) is 12.2 Å². The predicted molar refractivity (Wildman–Crippen MR) is 71.5 cm³/mol. The van der Waals surface area contributed by atoms with Gasteiger partial charge in [-0.25, -0.2) is 4.79 Å². The molecule has 0 aromatic rings. The largest absolute Gasteiger partial charge is 0.466 e. The third-order valence-corrected chi connectivity index (χ3v) is 3.98. The molecular formula is C15H22O4. The Morgan fingerprint density at radius 1 is 1.37 bits per heavy atom. The van der Waals surface area contributed by atoms with Gasteiger partial charge in [0.15, 0.2) is 0 Å². The van der Waals surface area contributed by atoms with Crippen LogP contribution in [0.4, 0.5) is 0 Å². The van der Waals surface area contributed by atoms with Gasteiger partial charge < -0.3 is 9.53 Å². The summed E-state index contributed by atoms with van der Waals surface area (Å²) in [7, 11) is 1.29. The van der Waals surface area contributed by atoms with E-state index in [1.165, 1.54) is 14.0 Å². The van der Waals surface area contributed by atoms with E-state index in [0.717, 1.165) is 6.42 Å². The van der Waals surface area contributed by atoms with Crippen molar-refractivity contribution in [3.63, 3.8) is 0 Å². The highest BCUT2D eigenvalue weighted by Crippen LogP contribution is 2.36. The van der Waals surface area contributed by atoms with E-state index in [1.807, 2.05) is 6.92 Å². The SMILES string of the molecule is C=C(C(=O)OC)[C@H]1CC[C@@H](C)[C@H](CCC(C)=O)C1=O. The first kappa shape index (κ1) is 15.6. The lowest BCUT2D eigenvalue weighted by Gasteiger charge is -2.33. The summed E-state index contributed by atoms with van der Waals surface area (Å²) < 4.78 is 4.63. The summed E-state index contributed by atoms with van der Waals surface area (Å²) in [4.78, 5) is 35.0. The average Bonchev–Trinajstić information content (AvgIpc) is 2.36. The normalized spacial score (nSPS) is 26.9. The molecule has 0 heterocycles. The molecule has 0 saturated heterocycles. The summed E-state index contributed by atoms with van der Waals surface area (Å²) in [5, 5.41) is 0. The van der Waals surface area contributed by atoms with Crippen molar-refractivity contribution in [2.75, 3.05) is 7.11 Å². The molecule has 4 nitrogen and oxygen atoms in total. The van der Waals surface area contributed by atoms with Gasteiger partial charge in [0.1, 0.15) is 11.6 Å². The Labute approximate surface area is 114 Å². The number of hydrogen-bond acceptors (Lipinski definition) is 4. The maximum absolute atomic E-state index is 12.4. The minimum Gasteiger partial charge on any atom is -0.466 e. The molecule has 1 rings (SSSR count). The molecule has 0 aromatic heterocycles. The molecule has 0 aliphatic heterocycles. The van der Waals surface area contributed by atoms with E-state index in [9.17, 15) is 14.4 Å². The van der Waals surface area contributed by atoms with E-state index in [0.29, 0.717) is 19.3 Å². The molecule has 4 heteroatoms. The van der Waals surface area contributed by atoms with Gasteiger partial charge in [0, 0.05) is 23.8 Å². The summed E-state index contributed by atoms with van der Waals surface area (Å²) in [6.07, 6.45) is 2.50. The van der Waals surface area contributed by atoms with Crippen molar-refractivity contribution in [2.24, 2.45) is 17.8 Å². The smallest absolute Gasteiger partial charge is 0.333 e. The quantitative estimate of drug-likeness (QED) is 0.566. The molecule has 3 atom stereocenters. The van der Waals surface area contributed by atoms with Gasteiger partial charge in [-0.15, -0.1) is 0 Å². The van der Waals surface area contributed by atoms with Gasteiger partial charge in [0.2, 0.25) is 0 Å². The lowest BCUT2D eigenvalue weighted by molar-refractivity contribution is -0.140. The second kappa shape index (κ2) is 6.64. The number of rotatable bonds is 5. The number of carbonyl (C=O) groups excluding carboxylic acids is 3. The van der Waals surface area contributed by atoms with Gasteiger partial charge in [0.25, 0.3) is 0 Å². The Hall–Kier alpha value is -1.45. The highest BCUT2D eigenvalue weighted by molar-refractivity contribution is 5.98. The fraction of sp³-hybridized carbons (Fsp3) is 0.667. The second-order valence-electron chi connectivity index (χ2n) is 5.37. The third-order valence-electron chi connectivity index (χ3n) is 3.98. The minimum atomic E-state index is -0.516. The van der Waals surface area contributed by atoms with Crippen LogP contribution in [0.3, 0.4) is 0 Å². The highest BCUT2D eigenvalue weighted by Gasteiger charge is 2.38. The Bertz CT molecular complexity index is 397. The minimum absolute atomic E-state index is 0.0374. The predicted octanol–water partition coefficient (Wildman–Crippen LogP) is 2.32. The zero-order valence-corrected chi connectivity index (χ0v) is 11.9. The molecule has 0 N–H and O–H groups in total. The number of ketones is 2. The molecule has 0 aromatic carbocycles. The molecule has 0 spiro atoms. The summed E-state index contributed by atoms with van der Waals surface area (Å²) in [6.45, 7) is 7.25. The van der Waals surface area contributed by atoms with E-state index in [1.54, 1.807) is 0 Å². The van der Waals surface area contributed by atoms with Gasteiger partial charge in [-0.3, -0.25) is 4.79 Å². The van der Waals surface area contributed by atoms with Crippen LogP contribution in [-0.4, -0.2) is 24.6 Å². The summed E-state index contributed by atoms with van der Waals surface area (Å²) in [5.74, 6) is -0.722. The lowest BCUT2D eigenvalue weighted by atomic mass is 9.70. The maximum Gasteiger partial charge on any atom is 0.333 e. The maximum atomic E-state index is 12.4. The van der Waals surface area contributed by atoms with Crippen LogP contribution in [0.2, 0.25) is 0 Å². The number of methoxy groups -OCH3 is 1. The van der Waals surface area contributed by atoms with Gasteiger partial charge in [-0.1, -0.05) is 13.5 Å². The van der Waals surface area contributed by atoms with Crippen molar-refractivity contribution < 1.29 is 19.1 Å². The Morgan fingerprint density at radius 2 is 2.00 bits per heavy atom. The molecule has 1 aliphatic carbocycles. The van der Waals surface area contributed by atoms with Crippen LogP contribution in [0.25, 0.3) is 0 Å². The molecule has 0 amide bonds. The Balaban J connectivity index is 2.77. The molecule has 1 aliphatic rings. The van der Waals surface area contributed by atoms with Gasteiger partial charge in [0.05, 0.1) is 7.11 Å². The number of carbonyl (C=O) groups is 3. The van der Waals surface area contributed by atoms with Crippen molar-refractivity contribution >= 4 is 17.5 Å². The van der Waals surface area contributed by atoms with E-state index >= 15 is 0 Å². The molecule has 0 radical (unpaired) electrons. The van der Waals surface area contributed by atoms with E-state index in [4.69, 9.17) is 0 Å². The zero-order chi connectivity index (χ0) is 14.6. The Kier molecular flexibility index (Phi) is 5.45. The molecule has 19 heavy (non-hydrogen) atoms. The number of ether oxygens (including phenoxy) is 1. The van der Waals surface area contributed by atoms with Crippen molar-refractivity contribution in [2.45, 2.75) is 39.5 Å². The molecular weight excluding hydrogens is 244 g/mol. The summed E-state index contributed by atoms with van der Waals surface area (Å²) in [6, 6.07) is 0. The van der Waals surface area contributed by atoms with Crippen LogP contribution >= 0.6 is 0 Å². The highest BCUT2D eigenvalue weighted by atomic mass is 16.5. The van der Waals surface area contributed by atoms with Crippen LogP contribution < -0.4 is 0 Å². The molecule has 0 unspecified atom stereocenters. The standard InChI is InChI=1S/C15H22O4/c1-9-5-7-13(11(3)15(18)19-4)14(17)12(9)8-6-10(2)16/h9,12-13H,3,5-8H2,1-2,4H3/t9-,12+,13-/m1/s1. The lowest BCUT2D eigenvalue weighted by Crippen LogP contribution is -2.36. The average molecular weight is 266 g/mol. The fourth-order valence-electron chi connectivity index (χ4n) is 2.72. The van der Waals surface area contributed by atoms with Crippen LogP contribution in [0.1, 0.15) is 39.5 Å². The van der Waals surface area contributed by atoms with E-state index < -0.39 is 11.9 Å². The van der Waals surface area contributed by atoms with Crippen LogP contribution in [0, 0.1) is 17.8 Å². The summed E-state index contributed by atoms with van der Waals surface area (Å²) in [5.41, 5.74) is 0.243. The first-order valence-electron chi connectivity index (χ1n) is 6.68. The van der Waals surface area contributed by atoms with Gasteiger partial charge in [-0.05, 0) is 32.1 Å². The topological polar surface area (TPSA) is 60.4 Å². The number of esters is 1. The summed E-state index contributed by atoms with van der Waals surface area (Å²) >= 11 is 0. The second-order valence-corrected chi connectivity index (χ2v) is 5.37. The van der Waals surface area contributed by atoms with Gasteiger partial charge >= 0.3 is 5.97 Å². The molecule has 1 fully saturated rings. The fourth-order valence-corrected chi connectivity index (χ4v) is 2.72. The number of hydrogen-bond donors (Lipinski definition) is 0. The van der Waals surface area contributed by atoms with Crippen molar-refractivity contribution in [3.8, 4) is 0 Å². The number of Topliss-reactive ketones (excluding diaryl/α,β-unsaturated/α-hetero) is 2. The molecule has 106 valence electrons. The van der Waals surface area contributed by atoms with Crippen molar-refractivity contribution in [1.29, 1.82) is 0 Å². The van der Waals surface area contributed by atoms with E-state index in [-0.39, 0.29) is 29.0 Å². The monoisotopic (exact) mass is 266 g/mol. The van der Waals surface area contributed by atoms with Crippen LogP contribution in [0.5, 0.6) is 0 Å². The van der Waals surface area contributed by atoms with Crippen molar-refractivity contribution in [3.05, 3.63) is 12.2 Å². The van der Waals surface area contributed by atoms with Crippen LogP contribution in [-0.2, 0) is 19.1 Å². The van der Waals surface area contributed by atoms with Crippen molar-refractivity contribution in [1.82, 2.24) is 0 Å². The first-order chi connectivity index (χ1) is 8.88. The van der Waals surface area contributed by atoms with E-state index in [2.05, 4.69) is 11.3 Å².